The zero-order chi connectivity index (χ0) is 11.4. The van der Waals surface area contributed by atoms with Gasteiger partial charge in [0.1, 0.15) is 0 Å². The molecular weight excluding hydrogens is 202 g/mol. The predicted octanol–water partition coefficient (Wildman–Crippen LogP) is 1.41. The number of hydrogen-bond donors (Lipinski definition) is 1. The van der Waals surface area contributed by atoms with E-state index in [-0.39, 0.29) is 0 Å². The van der Waals surface area contributed by atoms with E-state index >= 15 is 0 Å². The van der Waals surface area contributed by atoms with E-state index in [0.29, 0.717) is 0 Å². The van der Waals surface area contributed by atoms with Gasteiger partial charge < -0.3 is 9.80 Å². The van der Waals surface area contributed by atoms with Gasteiger partial charge in [0.05, 0.1) is 12.8 Å². The van der Waals surface area contributed by atoms with Gasteiger partial charge in [-0.1, -0.05) is 6.07 Å². The van der Waals surface area contributed by atoms with E-state index < -0.39 is 0 Å². The van der Waals surface area contributed by atoms with Gasteiger partial charge in [-0.25, -0.2) is 0 Å². The lowest BCUT2D eigenvalue weighted by Gasteiger charge is -2.34. The maximum Gasteiger partial charge on any atom is 0.0636 e. The van der Waals surface area contributed by atoms with Gasteiger partial charge in [-0.05, 0) is 25.2 Å². The molecule has 0 spiro atoms. The van der Waals surface area contributed by atoms with E-state index in [1.54, 1.807) is 7.11 Å². The van der Waals surface area contributed by atoms with Crippen molar-refractivity contribution in [2.24, 2.45) is 0 Å². The average molecular weight is 221 g/mol. The first kappa shape index (κ1) is 11.2. The summed E-state index contributed by atoms with van der Waals surface area (Å²) >= 11 is 0. The van der Waals surface area contributed by atoms with Crippen LogP contribution < -0.4 is 10.4 Å². The van der Waals surface area contributed by atoms with E-state index in [0.717, 1.165) is 31.9 Å². The standard InChI is InChI=1S/C12H19N3O/c1-14-6-8-15(9-7-14)12-5-3-4-11(10-12)13-16-2/h3-5,10,13H,6-9H2,1-2H3. The molecular formula is C12H19N3O. The summed E-state index contributed by atoms with van der Waals surface area (Å²) in [6.07, 6.45) is 0. The Labute approximate surface area is 96.8 Å². The summed E-state index contributed by atoms with van der Waals surface area (Å²) in [5.41, 5.74) is 5.12. The molecule has 0 radical (unpaired) electrons. The molecule has 1 fully saturated rings. The molecule has 4 nitrogen and oxygen atoms in total. The molecule has 88 valence electrons. The van der Waals surface area contributed by atoms with Crippen LogP contribution in [0.15, 0.2) is 24.3 Å². The van der Waals surface area contributed by atoms with E-state index in [1.165, 1.54) is 5.69 Å². The molecule has 2 rings (SSSR count). The molecule has 4 heteroatoms. The van der Waals surface area contributed by atoms with E-state index in [4.69, 9.17) is 4.84 Å². The Balaban J connectivity index is 2.05. The zero-order valence-corrected chi connectivity index (χ0v) is 9.94. The van der Waals surface area contributed by atoms with Crippen LogP contribution in [0.1, 0.15) is 0 Å². The zero-order valence-electron chi connectivity index (χ0n) is 9.94. The molecule has 1 N–H and O–H groups in total. The number of piperazine rings is 1. The quantitative estimate of drug-likeness (QED) is 0.781. The molecule has 1 heterocycles. The summed E-state index contributed by atoms with van der Waals surface area (Å²) < 4.78 is 0. The number of nitrogens with one attached hydrogen (secondary N) is 1. The molecule has 1 aliphatic rings. The molecule has 0 atom stereocenters. The summed E-state index contributed by atoms with van der Waals surface area (Å²) in [5, 5.41) is 0. The number of anilines is 2. The van der Waals surface area contributed by atoms with Crippen molar-refractivity contribution in [3.05, 3.63) is 24.3 Å². The highest BCUT2D eigenvalue weighted by atomic mass is 16.6. The predicted molar refractivity (Wildman–Crippen MR) is 66.8 cm³/mol. The number of nitrogens with zero attached hydrogens (tertiary/aromatic N) is 2. The summed E-state index contributed by atoms with van der Waals surface area (Å²) in [7, 11) is 3.79. The first-order valence-electron chi connectivity index (χ1n) is 5.62. The molecule has 0 amide bonds. The Bertz CT molecular complexity index is 335. The molecule has 0 unspecified atom stereocenters. The van der Waals surface area contributed by atoms with Crippen molar-refractivity contribution in [2.45, 2.75) is 0 Å². The number of rotatable bonds is 3. The third kappa shape index (κ3) is 2.65. The summed E-state index contributed by atoms with van der Waals surface area (Å²) in [5.74, 6) is 0. The fourth-order valence-corrected chi connectivity index (χ4v) is 1.95. The van der Waals surface area contributed by atoms with Crippen molar-refractivity contribution >= 4 is 11.4 Å². The first-order chi connectivity index (χ1) is 7.79. The molecule has 0 aromatic heterocycles. The van der Waals surface area contributed by atoms with Gasteiger partial charge in [0.2, 0.25) is 0 Å². The molecule has 0 bridgehead atoms. The number of likely N-dealkylation sites (N-methyl/N-ethyl adjacent to an activating group) is 1. The highest BCUT2D eigenvalue weighted by Crippen LogP contribution is 2.20. The number of hydrogen-bond acceptors (Lipinski definition) is 4. The molecule has 1 aromatic rings. The first-order valence-corrected chi connectivity index (χ1v) is 5.62. The molecule has 0 aliphatic carbocycles. The fraction of sp³-hybridized carbons (Fsp3) is 0.500. The molecule has 1 aromatic carbocycles. The SMILES string of the molecule is CONc1cccc(N2CCN(C)CC2)c1. The van der Waals surface area contributed by atoms with Crippen LogP contribution in [0.25, 0.3) is 0 Å². The highest BCUT2D eigenvalue weighted by molar-refractivity contribution is 5.57. The topological polar surface area (TPSA) is 27.7 Å². The van der Waals surface area contributed by atoms with Gasteiger partial charge in [-0.3, -0.25) is 10.3 Å². The Kier molecular flexibility index (Phi) is 3.64. The van der Waals surface area contributed by atoms with Crippen molar-refractivity contribution in [2.75, 3.05) is 50.7 Å². The second kappa shape index (κ2) is 5.18. The van der Waals surface area contributed by atoms with Gasteiger partial charge in [-0.15, -0.1) is 0 Å². The third-order valence-electron chi connectivity index (χ3n) is 2.93. The summed E-state index contributed by atoms with van der Waals surface area (Å²) in [4.78, 5) is 9.67. The Hall–Kier alpha value is -1.26. The van der Waals surface area contributed by atoms with Gasteiger partial charge in [0, 0.05) is 31.9 Å². The fourth-order valence-electron chi connectivity index (χ4n) is 1.95. The van der Waals surface area contributed by atoms with E-state index in [2.05, 4.69) is 40.5 Å². The van der Waals surface area contributed by atoms with Gasteiger partial charge in [0.25, 0.3) is 0 Å². The van der Waals surface area contributed by atoms with Crippen molar-refractivity contribution in [3.63, 3.8) is 0 Å². The minimum Gasteiger partial charge on any atom is -0.369 e. The average Bonchev–Trinajstić information content (AvgIpc) is 2.31. The van der Waals surface area contributed by atoms with Crippen LogP contribution in [0.3, 0.4) is 0 Å². The van der Waals surface area contributed by atoms with Crippen LogP contribution in [0.4, 0.5) is 11.4 Å². The molecule has 1 saturated heterocycles. The van der Waals surface area contributed by atoms with E-state index in [9.17, 15) is 0 Å². The second-order valence-electron chi connectivity index (χ2n) is 4.15. The normalized spacial score (nSPS) is 17.5. The largest absolute Gasteiger partial charge is 0.369 e. The van der Waals surface area contributed by atoms with Gasteiger partial charge >= 0.3 is 0 Å². The lowest BCUT2D eigenvalue weighted by Crippen LogP contribution is -2.44. The minimum atomic E-state index is 0.999. The van der Waals surface area contributed by atoms with Crippen LogP contribution in [0.2, 0.25) is 0 Å². The van der Waals surface area contributed by atoms with Crippen molar-refractivity contribution in [3.8, 4) is 0 Å². The van der Waals surface area contributed by atoms with Crippen LogP contribution in [0.5, 0.6) is 0 Å². The highest BCUT2D eigenvalue weighted by Gasteiger charge is 2.14. The van der Waals surface area contributed by atoms with Gasteiger partial charge in [-0.2, -0.15) is 0 Å². The summed E-state index contributed by atoms with van der Waals surface area (Å²) in [6, 6.07) is 8.32. The van der Waals surface area contributed by atoms with Crippen LogP contribution in [-0.4, -0.2) is 45.2 Å². The van der Waals surface area contributed by atoms with Crippen LogP contribution >= 0.6 is 0 Å². The summed E-state index contributed by atoms with van der Waals surface area (Å²) in [6.45, 7) is 4.43. The Morgan fingerprint density at radius 2 is 1.94 bits per heavy atom. The maximum absolute atomic E-state index is 4.91. The Morgan fingerprint density at radius 1 is 1.19 bits per heavy atom. The van der Waals surface area contributed by atoms with E-state index in [1.807, 2.05) is 6.07 Å². The van der Waals surface area contributed by atoms with Crippen LogP contribution in [0, 0.1) is 0 Å². The van der Waals surface area contributed by atoms with Crippen LogP contribution in [-0.2, 0) is 4.84 Å². The molecule has 0 saturated carbocycles. The second-order valence-corrected chi connectivity index (χ2v) is 4.15. The molecule has 1 aliphatic heterocycles. The number of benzene rings is 1. The maximum atomic E-state index is 4.91. The molecule has 16 heavy (non-hydrogen) atoms. The Morgan fingerprint density at radius 3 is 2.62 bits per heavy atom. The van der Waals surface area contributed by atoms with Gasteiger partial charge in [0.15, 0.2) is 0 Å². The van der Waals surface area contributed by atoms with Crippen molar-refractivity contribution < 1.29 is 4.84 Å². The smallest absolute Gasteiger partial charge is 0.0636 e. The lowest BCUT2D eigenvalue weighted by molar-refractivity contribution is 0.271. The minimum absolute atomic E-state index is 0.999. The third-order valence-corrected chi connectivity index (χ3v) is 2.93. The monoisotopic (exact) mass is 221 g/mol. The van der Waals surface area contributed by atoms with Crippen molar-refractivity contribution in [1.82, 2.24) is 4.90 Å². The van der Waals surface area contributed by atoms with Crippen molar-refractivity contribution in [1.29, 1.82) is 0 Å². The lowest BCUT2D eigenvalue weighted by atomic mass is 10.2.